The van der Waals surface area contributed by atoms with E-state index in [2.05, 4.69) is 25.3 Å². The number of fused-ring (bicyclic) bond motifs is 1. The van der Waals surface area contributed by atoms with Gasteiger partial charge in [0.25, 0.3) is 11.0 Å². The highest BCUT2D eigenvalue weighted by atomic mass is 32.2. The molecule has 0 unspecified atom stereocenters. The number of aryl methyl sites for hydroxylation is 2. The molecule has 0 spiro atoms. The first-order valence-electron chi connectivity index (χ1n) is 6.44. The molecule has 0 saturated carbocycles. The van der Waals surface area contributed by atoms with Crippen molar-refractivity contribution in [3.63, 3.8) is 0 Å². The zero-order valence-electron chi connectivity index (χ0n) is 11.9. The second kappa shape index (κ2) is 5.94. The maximum atomic E-state index is 5.31. The molecule has 7 nitrogen and oxygen atoms in total. The molecule has 9 heteroatoms. The number of aromatic nitrogens is 6. The fourth-order valence-corrected chi connectivity index (χ4v) is 3.36. The first kappa shape index (κ1) is 14.2. The van der Waals surface area contributed by atoms with E-state index in [1.165, 1.54) is 23.1 Å². The van der Waals surface area contributed by atoms with Crippen molar-refractivity contribution >= 4 is 28.9 Å². The van der Waals surface area contributed by atoms with E-state index in [9.17, 15) is 0 Å². The lowest BCUT2D eigenvalue weighted by Gasteiger charge is -1.97. The summed E-state index contributed by atoms with van der Waals surface area (Å²) in [6.45, 7) is 6.46. The number of thioether (sulfide) groups is 1. The predicted octanol–water partition coefficient (Wildman–Crippen LogP) is 2.28. The second-order valence-corrected chi connectivity index (χ2v) is 6.30. The van der Waals surface area contributed by atoms with Crippen molar-refractivity contribution in [2.45, 2.75) is 31.7 Å². The van der Waals surface area contributed by atoms with Crippen LogP contribution in [0.5, 0.6) is 5.19 Å². The second-order valence-electron chi connectivity index (χ2n) is 4.33. The monoisotopic (exact) mass is 322 g/mol. The molecule has 0 aromatic carbocycles. The van der Waals surface area contributed by atoms with E-state index in [4.69, 9.17) is 4.74 Å². The Morgan fingerprint density at radius 1 is 1.29 bits per heavy atom. The molecular weight excluding hydrogens is 308 g/mol. The minimum atomic E-state index is 0.597. The molecule has 0 saturated heterocycles. The Hall–Kier alpha value is -1.74. The largest absolute Gasteiger partial charge is 0.469 e. The van der Waals surface area contributed by atoms with Crippen LogP contribution in [-0.4, -0.2) is 36.4 Å². The van der Waals surface area contributed by atoms with E-state index in [1.807, 2.05) is 26.8 Å². The van der Waals surface area contributed by atoms with Crippen LogP contribution in [0.1, 0.15) is 23.3 Å². The normalized spacial score (nSPS) is 11.2. The topological polar surface area (TPSA) is 78.1 Å². The van der Waals surface area contributed by atoms with Gasteiger partial charge in [0, 0.05) is 11.4 Å². The molecule has 21 heavy (non-hydrogen) atoms. The first-order chi connectivity index (χ1) is 10.2. The van der Waals surface area contributed by atoms with Gasteiger partial charge in [-0.3, -0.25) is 0 Å². The van der Waals surface area contributed by atoms with Crippen LogP contribution in [0.2, 0.25) is 0 Å². The van der Waals surface area contributed by atoms with E-state index in [1.54, 1.807) is 4.52 Å². The van der Waals surface area contributed by atoms with Crippen LogP contribution in [0.15, 0.2) is 11.2 Å². The summed E-state index contributed by atoms with van der Waals surface area (Å²) in [5, 5.41) is 14.7. The van der Waals surface area contributed by atoms with Crippen LogP contribution < -0.4 is 4.74 Å². The highest BCUT2D eigenvalue weighted by molar-refractivity contribution is 7.98. The molecule has 110 valence electrons. The van der Waals surface area contributed by atoms with Crippen molar-refractivity contribution in [1.29, 1.82) is 0 Å². The van der Waals surface area contributed by atoms with Gasteiger partial charge in [0.2, 0.25) is 5.16 Å². The molecule has 0 fully saturated rings. The van der Waals surface area contributed by atoms with Crippen molar-refractivity contribution in [1.82, 2.24) is 29.8 Å². The quantitative estimate of drug-likeness (QED) is 0.667. The van der Waals surface area contributed by atoms with Crippen molar-refractivity contribution in [2.24, 2.45) is 0 Å². The lowest BCUT2D eigenvalue weighted by molar-refractivity contribution is 0.335. The third kappa shape index (κ3) is 3.13. The summed E-state index contributed by atoms with van der Waals surface area (Å²) in [4.78, 5) is 8.79. The van der Waals surface area contributed by atoms with Crippen molar-refractivity contribution in [3.8, 4) is 5.19 Å². The van der Waals surface area contributed by atoms with Crippen LogP contribution in [0.4, 0.5) is 0 Å². The highest BCUT2D eigenvalue weighted by Crippen LogP contribution is 2.25. The van der Waals surface area contributed by atoms with Crippen LogP contribution in [0, 0.1) is 13.8 Å². The molecule has 3 aromatic rings. The Morgan fingerprint density at radius 3 is 2.95 bits per heavy atom. The summed E-state index contributed by atoms with van der Waals surface area (Å²) in [6.07, 6.45) is 0. The molecule has 0 aliphatic heterocycles. The van der Waals surface area contributed by atoms with E-state index in [0.717, 1.165) is 16.4 Å². The molecule has 0 aliphatic carbocycles. The highest BCUT2D eigenvalue weighted by Gasteiger charge is 2.10. The molecule has 3 heterocycles. The molecule has 0 atom stereocenters. The Balaban J connectivity index is 1.74. The van der Waals surface area contributed by atoms with Crippen molar-refractivity contribution < 1.29 is 4.74 Å². The van der Waals surface area contributed by atoms with Gasteiger partial charge in [-0.1, -0.05) is 23.1 Å². The number of hydrogen-bond donors (Lipinski definition) is 0. The molecule has 0 aliphatic rings. The zero-order chi connectivity index (χ0) is 14.8. The molecule has 0 amide bonds. The number of nitrogens with zero attached hydrogens (tertiary/aromatic N) is 6. The van der Waals surface area contributed by atoms with Gasteiger partial charge in [0.15, 0.2) is 0 Å². The van der Waals surface area contributed by atoms with Crippen molar-refractivity contribution in [2.75, 3.05) is 6.61 Å². The average Bonchev–Trinajstić information content (AvgIpc) is 3.03. The Kier molecular flexibility index (Phi) is 4.02. The van der Waals surface area contributed by atoms with E-state index >= 15 is 0 Å². The van der Waals surface area contributed by atoms with Gasteiger partial charge in [-0.25, -0.2) is 9.50 Å². The maximum Gasteiger partial charge on any atom is 0.294 e. The molecule has 0 N–H and O–H groups in total. The number of ether oxygens (including phenoxy) is 1. The Labute approximate surface area is 129 Å². The van der Waals surface area contributed by atoms with Crippen molar-refractivity contribution in [3.05, 3.63) is 22.5 Å². The number of rotatable bonds is 5. The first-order valence-corrected chi connectivity index (χ1v) is 8.25. The van der Waals surface area contributed by atoms with Crippen LogP contribution in [0.25, 0.3) is 5.78 Å². The Bertz CT molecular complexity index is 768. The summed E-state index contributed by atoms with van der Waals surface area (Å²) in [7, 11) is 0. The van der Waals surface area contributed by atoms with E-state index < -0.39 is 0 Å². The third-order valence-corrected chi connectivity index (χ3v) is 4.51. The van der Waals surface area contributed by atoms with Gasteiger partial charge in [0.1, 0.15) is 5.01 Å². The van der Waals surface area contributed by atoms with Gasteiger partial charge in [-0.2, -0.15) is 4.98 Å². The smallest absolute Gasteiger partial charge is 0.294 e. The van der Waals surface area contributed by atoms with Gasteiger partial charge in [0.05, 0.1) is 12.4 Å². The average molecular weight is 322 g/mol. The molecule has 0 radical (unpaired) electrons. The molecular formula is C12H14N6OS2. The van der Waals surface area contributed by atoms with Gasteiger partial charge >= 0.3 is 0 Å². The maximum absolute atomic E-state index is 5.31. The van der Waals surface area contributed by atoms with Gasteiger partial charge in [-0.05, 0) is 26.8 Å². The summed E-state index contributed by atoms with van der Waals surface area (Å²) in [5.41, 5.74) is 1.96. The third-order valence-electron chi connectivity index (χ3n) is 2.64. The minimum Gasteiger partial charge on any atom is -0.469 e. The minimum absolute atomic E-state index is 0.597. The fourth-order valence-electron chi connectivity index (χ4n) is 1.81. The van der Waals surface area contributed by atoms with Crippen LogP contribution in [0.3, 0.4) is 0 Å². The Morgan fingerprint density at radius 2 is 2.14 bits per heavy atom. The van der Waals surface area contributed by atoms with Gasteiger partial charge < -0.3 is 4.74 Å². The SMILES string of the molecule is CCOc1nnc(CSc2nc3nc(C)cc(C)n3n2)s1. The van der Waals surface area contributed by atoms with E-state index in [-0.39, 0.29) is 0 Å². The summed E-state index contributed by atoms with van der Waals surface area (Å²) in [6, 6.07) is 1.98. The molecule has 3 aromatic heterocycles. The fraction of sp³-hybridized carbons (Fsp3) is 0.417. The van der Waals surface area contributed by atoms with Crippen LogP contribution >= 0.6 is 23.1 Å². The molecule has 0 bridgehead atoms. The lowest BCUT2D eigenvalue weighted by atomic mass is 10.4. The zero-order valence-corrected chi connectivity index (χ0v) is 13.5. The lowest BCUT2D eigenvalue weighted by Crippen LogP contribution is -1.97. The van der Waals surface area contributed by atoms with Crippen LogP contribution in [-0.2, 0) is 5.75 Å². The van der Waals surface area contributed by atoms with E-state index in [0.29, 0.717) is 28.5 Å². The standard InChI is InChI=1S/C12H14N6OS2/c1-4-19-12-16-15-9(21-12)6-20-11-14-10-13-7(2)5-8(3)18(10)17-11/h5H,4,6H2,1-3H3. The summed E-state index contributed by atoms with van der Waals surface area (Å²) < 4.78 is 7.06. The van der Waals surface area contributed by atoms with Gasteiger partial charge in [-0.15, -0.1) is 15.3 Å². The molecule has 3 rings (SSSR count). The summed E-state index contributed by atoms with van der Waals surface area (Å²) >= 11 is 2.96. The summed E-state index contributed by atoms with van der Waals surface area (Å²) in [5.74, 6) is 1.29. The predicted molar refractivity (Wildman–Crippen MR) is 80.9 cm³/mol. The number of hydrogen-bond acceptors (Lipinski definition) is 8.